The van der Waals surface area contributed by atoms with Gasteiger partial charge in [-0.2, -0.15) is 0 Å². The van der Waals surface area contributed by atoms with E-state index in [1.54, 1.807) is 30.3 Å². The average Bonchev–Trinajstić information content (AvgIpc) is 2.98. The molecular formula is C22H24FNO3. The van der Waals surface area contributed by atoms with Gasteiger partial charge in [0, 0.05) is 18.7 Å². The van der Waals surface area contributed by atoms with Crippen LogP contribution in [-0.4, -0.2) is 29.1 Å². The number of phenols is 1. The van der Waals surface area contributed by atoms with E-state index >= 15 is 0 Å². The van der Waals surface area contributed by atoms with Crippen molar-refractivity contribution in [2.24, 2.45) is 11.8 Å². The molecule has 1 amide bonds. The van der Waals surface area contributed by atoms with Gasteiger partial charge in [-0.1, -0.05) is 18.2 Å². The van der Waals surface area contributed by atoms with E-state index in [1.807, 2.05) is 11.0 Å². The van der Waals surface area contributed by atoms with Crippen LogP contribution in [0.5, 0.6) is 11.5 Å². The molecule has 1 aliphatic carbocycles. The van der Waals surface area contributed by atoms with Crippen molar-refractivity contribution in [3.05, 3.63) is 59.4 Å². The number of para-hydroxylation sites is 1. The summed E-state index contributed by atoms with van der Waals surface area (Å²) in [5.74, 6) is 1.09. The van der Waals surface area contributed by atoms with Crippen LogP contribution in [0.15, 0.2) is 42.5 Å². The Morgan fingerprint density at radius 1 is 1.07 bits per heavy atom. The quantitative estimate of drug-likeness (QED) is 0.851. The molecule has 1 saturated carbocycles. The Hall–Kier alpha value is -2.56. The van der Waals surface area contributed by atoms with Crippen molar-refractivity contribution >= 4 is 5.91 Å². The Balaban J connectivity index is 1.26. The van der Waals surface area contributed by atoms with Gasteiger partial charge in [0.1, 0.15) is 5.75 Å². The van der Waals surface area contributed by atoms with Gasteiger partial charge in [-0.05, 0) is 67.3 Å². The average molecular weight is 369 g/mol. The van der Waals surface area contributed by atoms with Crippen LogP contribution < -0.4 is 4.74 Å². The van der Waals surface area contributed by atoms with Gasteiger partial charge >= 0.3 is 0 Å². The number of phenolic OH excluding ortho intramolecular Hbond substituents is 1. The number of nitrogens with zero attached hydrogens (tertiary/aromatic N) is 1. The normalized spacial score (nSPS) is 22.0. The van der Waals surface area contributed by atoms with Crippen molar-refractivity contribution in [2.75, 3.05) is 13.2 Å². The fraction of sp³-hybridized carbons (Fsp3) is 0.409. The number of halogens is 1. The first-order chi connectivity index (χ1) is 13.1. The predicted molar refractivity (Wildman–Crippen MR) is 100 cm³/mol. The number of carbonyl (C=O) groups excluding carboxylic acids is 1. The van der Waals surface area contributed by atoms with Gasteiger partial charge < -0.3 is 14.7 Å². The molecule has 4 rings (SSSR count). The lowest BCUT2D eigenvalue weighted by Crippen LogP contribution is -2.32. The number of fused-ring (bicyclic) bond motifs is 1. The summed E-state index contributed by atoms with van der Waals surface area (Å²) in [5, 5.41) is 9.59. The van der Waals surface area contributed by atoms with Gasteiger partial charge in [-0.15, -0.1) is 0 Å². The van der Waals surface area contributed by atoms with Crippen molar-refractivity contribution in [3.8, 4) is 11.5 Å². The van der Waals surface area contributed by atoms with E-state index in [9.17, 15) is 14.3 Å². The molecule has 27 heavy (non-hydrogen) atoms. The molecule has 0 spiro atoms. The minimum atomic E-state index is -0.315. The van der Waals surface area contributed by atoms with Gasteiger partial charge in [-0.3, -0.25) is 4.79 Å². The van der Waals surface area contributed by atoms with Gasteiger partial charge in [0.2, 0.25) is 0 Å². The lowest BCUT2D eigenvalue weighted by Gasteiger charge is -2.31. The molecule has 2 aromatic rings. The number of ether oxygens (including phenoxy) is 1. The van der Waals surface area contributed by atoms with Crippen LogP contribution in [-0.2, 0) is 6.54 Å². The van der Waals surface area contributed by atoms with Crippen LogP contribution in [0.1, 0.15) is 41.6 Å². The fourth-order valence-corrected chi connectivity index (χ4v) is 4.16. The Morgan fingerprint density at radius 3 is 2.59 bits per heavy atom. The second-order valence-electron chi connectivity index (χ2n) is 7.66. The van der Waals surface area contributed by atoms with Gasteiger partial charge in [-0.25, -0.2) is 4.39 Å². The maximum Gasteiger partial charge on any atom is 0.254 e. The summed E-state index contributed by atoms with van der Waals surface area (Å²) in [7, 11) is 0. The van der Waals surface area contributed by atoms with E-state index in [0.29, 0.717) is 36.3 Å². The minimum Gasteiger partial charge on any atom is -0.508 e. The molecular weight excluding hydrogens is 345 g/mol. The van der Waals surface area contributed by atoms with E-state index in [1.165, 1.54) is 6.07 Å². The molecule has 4 nitrogen and oxygen atoms in total. The van der Waals surface area contributed by atoms with Crippen molar-refractivity contribution < 1.29 is 19.0 Å². The lowest BCUT2D eigenvalue weighted by atomic mass is 9.82. The van der Waals surface area contributed by atoms with Crippen LogP contribution in [0.2, 0.25) is 0 Å². The first-order valence-electron chi connectivity index (χ1n) is 9.58. The van der Waals surface area contributed by atoms with Crippen molar-refractivity contribution in [3.63, 3.8) is 0 Å². The minimum absolute atomic E-state index is 0.0194. The van der Waals surface area contributed by atoms with E-state index in [-0.39, 0.29) is 17.5 Å². The van der Waals surface area contributed by atoms with Crippen LogP contribution in [0.3, 0.4) is 0 Å². The van der Waals surface area contributed by atoms with Crippen molar-refractivity contribution in [2.45, 2.75) is 32.2 Å². The predicted octanol–water partition coefficient (Wildman–Crippen LogP) is 4.37. The Kier molecular flexibility index (Phi) is 5.01. The maximum absolute atomic E-state index is 13.6. The number of benzene rings is 2. The standard InChI is InChI=1S/C22H24FNO3/c23-20-3-1-2-4-21(20)27-14-16-7-5-15(6-8-16)12-24-13-17-9-10-18(25)11-19(17)22(24)26/h1-4,9-11,15-16,25H,5-8,12-14H2. The largest absolute Gasteiger partial charge is 0.508 e. The van der Waals surface area contributed by atoms with E-state index in [4.69, 9.17) is 4.74 Å². The molecule has 1 heterocycles. The fourth-order valence-electron chi connectivity index (χ4n) is 4.16. The molecule has 0 radical (unpaired) electrons. The molecule has 2 aromatic carbocycles. The summed E-state index contributed by atoms with van der Waals surface area (Å²) < 4.78 is 19.3. The first-order valence-corrected chi connectivity index (χ1v) is 9.58. The number of amides is 1. The van der Waals surface area contributed by atoms with E-state index in [2.05, 4.69) is 0 Å². The van der Waals surface area contributed by atoms with Crippen LogP contribution in [0, 0.1) is 17.7 Å². The van der Waals surface area contributed by atoms with Crippen molar-refractivity contribution in [1.29, 1.82) is 0 Å². The molecule has 1 N–H and O–H groups in total. The molecule has 0 saturated heterocycles. The molecule has 0 unspecified atom stereocenters. The second kappa shape index (κ2) is 7.59. The monoisotopic (exact) mass is 369 g/mol. The number of hydrogen-bond donors (Lipinski definition) is 1. The van der Waals surface area contributed by atoms with Crippen molar-refractivity contribution in [1.82, 2.24) is 4.90 Å². The van der Waals surface area contributed by atoms with Crippen LogP contribution in [0.25, 0.3) is 0 Å². The smallest absolute Gasteiger partial charge is 0.254 e. The van der Waals surface area contributed by atoms with Gasteiger partial charge in [0.15, 0.2) is 11.6 Å². The summed E-state index contributed by atoms with van der Waals surface area (Å²) in [4.78, 5) is 14.4. The number of rotatable bonds is 5. The third kappa shape index (κ3) is 3.92. The zero-order valence-electron chi connectivity index (χ0n) is 15.2. The SMILES string of the molecule is O=C1c2cc(O)ccc2CN1CC1CCC(COc2ccccc2F)CC1. The highest BCUT2D eigenvalue weighted by Crippen LogP contribution is 2.33. The zero-order valence-corrected chi connectivity index (χ0v) is 15.2. The molecule has 142 valence electrons. The maximum atomic E-state index is 13.6. The molecule has 0 bridgehead atoms. The Labute approximate surface area is 158 Å². The lowest BCUT2D eigenvalue weighted by molar-refractivity contribution is 0.0720. The third-order valence-corrected chi connectivity index (χ3v) is 5.73. The summed E-state index contributed by atoms with van der Waals surface area (Å²) in [5.41, 5.74) is 1.62. The summed E-state index contributed by atoms with van der Waals surface area (Å²) in [6, 6.07) is 11.5. The Morgan fingerprint density at radius 2 is 1.81 bits per heavy atom. The van der Waals surface area contributed by atoms with Crippen LogP contribution in [0.4, 0.5) is 4.39 Å². The molecule has 1 fully saturated rings. The molecule has 2 aliphatic rings. The first kappa shape index (κ1) is 17.8. The summed E-state index contributed by atoms with van der Waals surface area (Å²) >= 11 is 0. The van der Waals surface area contributed by atoms with Crippen LogP contribution >= 0.6 is 0 Å². The molecule has 0 aromatic heterocycles. The topological polar surface area (TPSA) is 49.8 Å². The molecule has 1 aliphatic heterocycles. The van der Waals surface area contributed by atoms with Gasteiger partial charge in [0.25, 0.3) is 5.91 Å². The Bertz CT molecular complexity index is 830. The highest BCUT2D eigenvalue weighted by Gasteiger charge is 2.31. The molecule has 5 heteroatoms. The van der Waals surface area contributed by atoms with Gasteiger partial charge in [0.05, 0.1) is 6.61 Å². The van der Waals surface area contributed by atoms with E-state index in [0.717, 1.165) is 37.8 Å². The second-order valence-corrected chi connectivity index (χ2v) is 7.66. The zero-order chi connectivity index (χ0) is 18.8. The number of carbonyl (C=O) groups is 1. The van der Waals surface area contributed by atoms with E-state index < -0.39 is 0 Å². The number of aromatic hydroxyl groups is 1. The highest BCUT2D eigenvalue weighted by atomic mass is 19.1. The summed E-state index contributed by atoms with van der Waals surface area (Å²) in [6.07, 6.45) is 4.18. The molecule has 0 atom stereocenters. The number of hydrogen-bond acceptors (Lipinski definition) is 3. The third-order valence-electron chi connectivity index (χ3n) is 5.73. The highest BCUT2D eigenvalue weighted by molar-refractivity contribution is 5.98. The summed E-state index contributed by atoms with van der Waals surface area (Å²) in [6.45, 7) is 1.93.